The predicted octanol–water partition coefficient (Wildman–Crippen LogP) is 2.52. The number of carbonyl (C=O) groups excluding carboxylic acids is 3. The van der Waals surface area contributed by atoms with E-state index in [0.29, 0.717) is 18.0 Å². The predicted molar refractivity (Wildman–Crippen MR) is 102 cm³/mol. The second kappa shape index (κ2) is 7.45. The second-order valence-corrected chi connectivity index (χ2v) is 7.83. The molecule has 2 fully saturated rings. The quantitative estimate of drug-likeness (QED) is 0.786. The Bertz CT molecular complexity index is 797. The third-order valence-corrected chi connectivity index (χ3v) is 5.81. The lowest BCUT2D eigenvalue weighted by Gasteiger charge is -2.19. The van der Waals surface area contributed by atoms with Gasteiger partial charge in [-0.15, -0.1) is 0 Å². The van der Waals surface area contributed by atoms with Crippen LogP contribution in [-0.4, -0.2) is 41.9 Å². The monoisotopic (exact) mass is 386 g/mol. The van der Waals surface area contributed by atoms with Crippen molar-refractivity contribution < 1.29 is 23.9 Å². The van der Waals surface area contributed by atoms with Crippen molar-refractivity contribution in [2.75, 3.05) is 18.5 Å². The van der Waals surface area contributed by atoms with Gasteiger partial charge in [-0.2, -0.15) is 0 Å². The first kappa shape index (κ1) is 18.8. The number of benzene rings is 1. The number of nitrogens with one attached hydrogen (secondary N) is 1. The van der Waals surface area contributed by atoms with Gasteiger partial charge >= 0.3 is 0 Å². The van der Waals surface area contributed by atoms with Gasteiger partial charge in [-0.05, 0) is 32.8 Å². The highest BCUT2D eigenvalue weighted by Crippen LogP contribution is 2.39. The number of ether oxygens (including phenoxy) is 2. The van der Waals surface area contributed by atoms with Crippen molar-refractivity contribution in [1.29, 1.82) is 0 Å². The fourth-order valence-electron chi connectivity index (χ4n) is 4.53. The number of hydrogen-bond donors (Lipinski definition) is 1. The first-order valence-corrected chi connectivity index (χ1v) is 10.1. The molecule has 1 aliphatic carbocycles. The second-order valence-electron chi connectivity index (χ2n) is 7.83. The lowest BCUT2D eigenvalue weighted by atomic mass is 9.81. The number of nitrogens with zero attached hydrogens (tertiary/aromatic N) is 1. The van der Waals surface area contributed by atoms with Crippen LogP contribution in [0.2, 0.25) is 0 Å². The number of rotatable bonds is 5. The molecule has 0 unspecified atom stereocenters. The molecule has 1 aromatic carbocycles. The average Bonchev–Trinajstić information content (AvgIpc) is 3.14. The highest BCUT2D eigenvalue weighted by atomic mass is 16.5. The number of amides is 3. The van der Waals surface area contributed by atoms with E-state index in [2.05, 4.69) is 5.32 Å². The zero-order chi connectivity index (χ0) is 19.8. The summed E-state index contributed by atoms with van der Waals surface area (Å²) in [7, 11) is 0. The van der Waals surface area contributed by atoms with Crippen LogP contribution in [0, 0.1) is 11.8 Å². The van der Waals surface area contributed by atoms with E-state index in [0.717, 1.165) is 48.3 Å². The SMILES string of the molecule is CCOc1cc2c(cc1NC(=O)CN1C(=O)[C@@H]3CCCC[C@H]3C1=O)O[C@H](C)C2. The van der Waals surface area contributed by atoms with E-state index >= 15 is 0 Å². The van der Waals surface area contributed by atoms with E-state index in [4.69, 9.17) is 9.47 Å². The maximum Gasteiger partial charge on any atom is 0.244 e. The molecule has 0 bridgehead atoms. The highest BCUT2D eigenvalue weighted by Gasteiger charge is 2.48. The van der Waals surface area contributed by atoms with Crippen molar-refractivity contribution >= 4 is 23.4 Å². The van der Waals surface area contributed by atoms with Crippen LogP contribution in [0.25, 0.3) is 0 Å². The molecule has 0 spiro atoms. The van der Waals surface area contributed by atoms with Gasteiger partial charge in [0.1, 0.15) is 24.1 Å². The summed E-state index contributed by atoms with van der Waals surface area (Å²) in [5.74, 6) is -0.0224. The summed E-state index contributed by atoms with van der Waals surface area (Å²) in [5, 5.41) is 2.80. The van der Waals surface area contributed by atoms with Gasteiger partial charge in [-0.1, -0.05) is 12.8 Å². The fourth-order valence-corrected chi connectivity index (χ4v) is 4.53. The van der Waals surface area contributed by atoms with Crippen LogP contribution in [0.15, 0.2) is 12.1 Å². The number of carbonyl (C=O) groups is 3. The van der Waals surface area contributed by atoms with Crippen molar-refractivity contribution in [3.63, 3.8) is 0 Å². The molecule has 1 N–H and O–H groups in total. The molecule has 1 saturated carbocycles. The number of imide groups is 1. The Morgan fingerprint density at radius 3 is 2.54 bits per heavy atom. The van der Waals surface area contributed by atoms with Gasteiger partial charge in [0, 0.05) is 18.1 Å². The average molecular weight is 386 g/mol. The molecule has 4 rings (SSSR count). The molecule has 3 aliphatic rings. The smallest absolute Gasteiger partial charge is 0.244 e. The third kappa shape index (κ3) is 3.34. The molecule has 3 atom stereocenters. The van der Waals surface area contributed by atoms with Gasteiger partial charge in [0.05, 0.1) is 24.1 Å². The Balaban J connectivity index is 1.49. The van der Waals surface area contributed by atoms with E-state index in [1.165, 1.54) is 0 Å². The van der Waals surface area contributed by atoms with Crippen LogP contribution in [0.1, 0.15) is 45.1 Å². The molecule has 28 heavy (non-hydrogen) atoms. The minimum absolute atomic E-state index is 0.0821. The Morgan fingerprint density at radius 2 is 1.89 bits per heavy atom. The summed E-state index contributed by atoms with van der Waals surface area (Å²) in [4.78, 5) is 38.9. The lowest BCUT2D eigenvalue weighted by molar-refractivity contribution is -0.142. The molecule has 7 nitrogen and oxygen atoms in total. The van der Waals surface area contributed by atoms with Gasteiger partial charge < -0.3 is 14.8 Å². The summed E-state index contributed by atoms with van der Waals surface area (Å²) in [6.07, 6.45) is 4.28. The van der Waals surface area contributed by atoms with Crippen LogP contribution in [-0.2, 0) is 20.8 Å². The summed E-state index contributed by atoms with van der Waals surface area (Å²) in [6.45, 7) is 4.07. The molecule has 3 amide bonds. The largest absolute Gasteiger partial charge is 0.492 e. The number of fused-ring (bicyclic) bond motifs is 2. The van der Waals surface area contributed by atoms with E-state index in [1.54, 1.807) is 6.07 Å². The molecule has 150 valence electrons. The first-order valence-electron chi connectivity index (χ1n) is 10.1. The summed E-state index contributed by atoms with van der Waals surface area (Å²) in [6, 6.07) is 3.65. The molecule has 2 heterocycles. The zero-order valence-corrected chi connectivity index (χ0v) is 16.3. The number of likely N-dealkylation sites (tertiary alicyclic amines) is 1. The van der Waals surface area contributed by atoms with E-state index in [1.807, 2.05) is 19.9 Å². The van der Waals surface area contributed by atoms with Crippen molar-refractivity contribution in [1.82, 2.24) is 4.90 Å². The minimum Gasteiger partial charge on any atom is -0.492 e. The van der Waals surface area contributed by atoms with Crippen molar-refractivity contribution in [2.24, 2.45) is 11.8 Å². The Kier molecular flexibility index (Phi) is 5.00. The Labute approximate surface area is 164 Å². The topological polar surface area (TPSA) is 84.9 Å². The number of hydrogen-bond acceptors (Lipinski definition) is 5. The van der Waals surface area contributed by atoms with E-state index in [-0.39, 0.29) is 36.3 Å². The Morgan fingerprint density at radius 1 is 1.21 bits per heavy atom. The molecule has 2 aliphatic heterocycles. The molecule has 0 radical (unpaired) electrons. The van der Waals surface area contributed by atoms with Crippen LogP contribution < -0.4 is 14.8 Å². The molecule has 7 heteroatoms. The normalized spacial score (nSPS) is 25.9. The number of anilines is 1. The van der Waals surface area contributed by atoms with Crippen molar-refractivity contribution in [3.8, 4) is 11.5 Å². The van der Waals surface area contributed by atoms with Gasteiger partial charge in [-0.25, -0.2) is 0 Å². The molecule has 1 saturated heterocycles. The maximum absolute atomic E-state index is 12.6. The zero-order valence-electron chi connectivity index (χ0n) is 16.3. The van der Waals surface area contributed by atoms with Gasteiger partial charge in [0.25, 0.3) is 0 Å². The minimum atomic E-state index is -0.410. The summed E-state index contributed by atoms with van der Waals surface area (Å²) in [5.41, 5.74) is 1.54. The molecule has 0 aromatic heterocycles. The van der Waals surface area contributed by atoms with E-state index < -0.39 is 5.91 Å². The third-order valence-electron chi connectivity index (χ3n) is 5.81. The van der Waals surface area contributed by atoms with Crippen molar-refractivity contribution in [2.45, 2.75) is 52.1 Å². The Hall–Kier alpha value is -2.57. The van der Waals surface area contributed by atoms with Gasteiger partial charge in [-0.3, -0.25) is 19.3 Å². The van der Waals surface area contributed by atoms with Gasteiger partial charge in [0.15, 0.2) is 0 Å². The van der Waals surface area contributed by atoms with Crippen LogP contribution >= 0.6 is 0 Å². The van der Waals surface area contributed by atoms with Crippen LogP contribution in [0.5, 0.6) is 11.5 Å². The van der Waals surface area contributed by atoms with Crippen LogP contribution in [0.3, 0.4) is 0 Å². The van der Waals surface area contributed by atoms with Crippen LogP contribution in [0.4, 0.5) is 5.69 Å². The van der Waals surface area contributed by atoms with Gasteiger partial charge in [0.2, 0.25) is 17.7 Å². The summed E-state index contributed by atoms with van der Waals surface area (Å²) < 4.78 is 11.4. The standard InChI is InChI=1S/C21H26N2O5/c1-3-27-18-9-13-8-12(2)28-17(13)10-16(18)22-19(24)11-23-20(25)14-6-4-5-7-15(14)21(23)26/h9-10,12,14-15H,3-8,11H2,1-2H3,(H,22,24)/t12-,14-,15-/m1/s1. The van der Waals surface area contributed by atoms with E-state index in [9.17, 15) is 14.4 Å². The molecular weight excluding hydrogens is 360 g/mol. The van der Waals surface area contributed by atoms with Crippen molar-refractivity contribution in [3.05, 3.63) is 17.7 Å². The fraction of sp³-hybridized carbons (Fsp3) is 0.571. The molecule has 1 aromatic rings. The molecular formula is C21H26N2O5. The maximum atomic E-state index is 12.6. The highest BCUT2D eigenvalue weighted by molar-refractivity contribution is 6.08. The first-order chi connectivity index (χ1) is 13.5. The summed E-state index contributed by atoms with van der Waals surface area (Å²) >= 11 is 0. The lowest BCUT2D eigenvalue weighted by Crippen LogP contribution is -2.38.